The van der Waals surface area contributed by atoms with E-state index in [1.165, 1.54) is 6.07 Å². The Morgan fingerprint density at radius 3 is 2.82 bits per heavy atom. The third-order valence-electron chi connectivity index (χ3n) is 3.53. The van der Waals surface area contributed by atoms with Crippen molar-refractivity contribution in [1.29, 1.82) is 0 Å². The Kier molecular flexibility index (Phi) is 8.21. The maximum Gasteiger partial charge on any atom is 0.335 e. The fraction of sp³-hybridized carbons (Fsp3) is 0.211. The third-order valence-corrected chi connectivity index (χ3v) is 4.35. The number of carboxylic acids is 1. The lowest BCUT2D eigenvalue weighted by atomic mass is 10.1. The standard InChI is InChI=1S/C19H20BrN3O4S/c1-3-21-19(28)23-22-10-13-8-15(20)17(16(9-13)26-2)27-11-12-5-4-6-14(7-12)18(24)25/h4-10H,3,11H2,1-2H3,(H,24,25)(H2,21,23,28). The summed E-state index contributed by atoms with van der Waals surface area (Å²) in [6, 6.07) is 10.2. The molecular formula is C19H20BrN3O4S. The smallest absolute Gasteiger partial charge is 0.335 e. The third kappa shape index (κ3) is 6.21. The molecular weight excluding hydrogens is 446 g/mol. The van der Waals surface area contributed by atoms with Gasteiger partial charge in [-0.15, -0.1) is 0 Å². The van der Waals surface area contributed by atoms with Crippen LogP contribution in [0.4, 0.5) is 0 Å². The number of hydrogen-bond acceptors (Lipinski definition) is 5. The molecule has 28 heavy (non-hydrogen) atoms. The number of methoxy groups -OCH3 is 1. The van der Waals surface area contributed by atoms with E-state index in [0.717, 1.165) is 11.1 Å². The molecule has 7 nitrogen and oxygen atoms in total. The van der Waals surface area contributed by atoms with Crippen LogP contribution in [-0.4, -0.2) is 36.1 Å². The van der Waals surface area contributed by atoms with Gasteiger partial charge in [-0.3, -0.25) is 5.43 Å². The summed E-state index contributed by atoms with van der Waals surface area (Å²) in [6.07, 6.45) is 1.61. The largest absolute Gasteiger partial charge is 0.493 e. The molecule has 2 aromatic carbocycles. The SMILES string of the molecule is CCNC(=S)NN=Cc1cc(Br)c(OCc2cccc(C(=O)O)c2)c(OC)c1. The highest BCUT2D eigenvalue weighted by molar-refractivity contribution is 9.10. The second kappa shape index (κ2) is 10.6. The van der Waals surface area contributed by atoms with Crippen molar-refractivity contribution in [3.8, 4) is 11.5 Å². The molecule has 0 unspecified atom stereocenters. The molecule has 0 aromatic heterocycles. The quantitative estimate of drug-likeness (QED) is 0.311. The van der Waals surface area contributed by atoms with E-state index in [1.54, 1.807) is 37.6 Å². The number of ether oxygens (including phenoxy) is 2. The van der Waals surface area contributed by atoms with Crippen molar-refractivity contribution in [2.24, 2.45) is 5.10 Å². The Hall–Kier alpha value is -2.65. The molecule has 2 aromatic rings. The lowest BCUT2D eigenvalue weighted by molar-refractivity contribution is 0.0696. The fourth-order valence-corrected chi connectivity index (χ4v) is 3.04. The zero-order chi connectivity index (χ0) is 20.5. The van der Waals surface area contributed by atoms with Gasteiger partial charge in [0.2, 0.25) is 0 Å². The van der Waals surface area contributed by atoms with E-state index in [0.29, 0.717) is 27.6 Å². The molecule has 0 radical (unpaired) electrons. The first-order valence-electron chi connectivity index (χ1n) is 8.34. The number of halogens is 1. The predicted octanol–water partition coefficient (Wildman–Crippen LogP) is 3.55. The van der Waals surface area contributed by atoms with Gasteiger partial charge in [0.05, 0.1) is 23.4 Å². The Bertz CT molecular complexity index is 889. The lowest BCUT2D eigenvalue weighted by Gasteiger charge is -2.14. The maximum absolute atomic E-state index is 11.1. The Labute approximate surface area is 176 Å². The number of thiocarbonyl (C=S) groups is 1. The van der Waals surface area contributed by atoms with Crippen LogP contribution < -0.4 is 20.2 Å². The molecule has 3 N–H and O–H groups in total. The summed E-state index contributed by atoms with van der Waals surface area (Å²) in [7, 11) is 1.54. The zero-order valence-corrected chi connectivity index (χ0v) is 17.8. The molecule has 0 aliphatic rings. The van der Waals surface area contributed by atoms with E-state index in [1.807, 2.05) is 13.0 Å². The molecule has 9 heteroatoms. The maximum atomic E-state index is 11.1. The van der Waals surface area contributed by atoms with Gasteiger partial charge in [0, 0.05) is 6.54 Å². The number of hydrogen-bond donors (Lipinski definition) is 3. The number of carbonyl (C=O) groups is 1. The fourth-order valence-electron chi connectivity index (χ4n) is 2.27. The van der Waals surface area contributed by atoms with Gasteiger partial charge in [-0.25, -0.2) is 4.79 Å². The number of hydrazone groups is 1. The number of carboxylic acid groups (broad SMARTS) is 1. The minimum Gasteiger partial charge on any atom is -0.493 e. The summed E-state index contributed by atoms with van der Waals surface area (Å²) < 4.78 is 11.9. The van der Waals surface area contributed by atoms with Gasteiger partial charge in [0.25, 0.3) is 0 Å². The van der Waals surface area contributed by atoms with Crippen LogP contribution >= 0.6 is 28.1 Å². The van der Waals surface area contributed by atoms with Crippen LogP contribution in [0.1, 0.15) is 28.4 Å². The van der Waals surface area contributed by atoms with Crippen LogP contribution in [-0.2, 0) is 6.61 Å². The van der Waals surface area contributed by atoms with Crippen LogP contribution in [0.15, 0.2) is 46.0 Å². The number of benzene rings is 2. The van der Waals surface area contributed by atoms with Crippen molar-refractivity contribution in [2.75, 3.05) is 13.7 Å². The molecule has 0 aliphatic carbocycles. The van der Waals surface area contributed by atoms with Gasteiger partial charge < -0.3 is 19.9 Å². The monoisotopic (exact) mass is 465 g/mol. The van der Waals surface area contributed by atoms with Crippen molar-refractivity contribution in [3.05, 3.63) is 57.6 Å². The number of nitrogens with one attached hydrogen (secondary N) is 2. The van der Waals surface area contributed by atoms with Crippen LogP contribution in [0.25, 0.3) is 0 Å². The van der Waals surface area contributed by atoms with Crippen molar-refractivity contribution in [2.45, 2.75) is 13.5 Å². The number of aromatic carboxylic acids is 1. The van der Waals surface area contributed by atoms with Gasteiger partial charge in [-0.1, -0.05) is 12.1 Å². The van der Waals surface area contributed by atoms with Crippen LogP contribution in [0.3, 0.4) is 0 Å². The second-order valence-corrected chi connectivity index (χ2v) is 6.82. The van der Waals surface area contributed by atoms with E-state index in [2.05, 4.69) is 31.8 Å². The average molecular weight is 466 g/mol. The van der Waals surface area contributed by atoms with Gasteiger partial charge >= 0.3 is 5.97 Å². The highest BCUT2D eigenvalue weighted by atomic mass is 79.9. The Morgan fingerprint density at radius 1 is 1.36 bits per heavy atom. The van der Waals surface area contributed by atoms with Gasteiger partial charge in [0.1, 0.15) is 6.61 Å². The van der Waals surface area contributed by atoms with Crippen molar-refractivity contribution >= 4 is 45.4 Å². The molecule has 0 bridgehead atoms. The Morgan fingerprint density at radius 2 is 2.14 bits per heavy atom. The summed E-state index contributed by atoms with van der Waals surface area (Å²) in [4.78, 5) is 11.1. The van der Waals surface area contributed by atoms with Crippen LogP contribution in [0.2, 0.25) is 0 Å². The summed E-state index contributed by atoms with van der Waals surface area (Å²) >= 11 is 8.52. The molecule has 0 amide bonds. The van der Waals surface area contributed by atoms with Gasteiger partial charge in [0.15, 0.2) is 16.6 Å². The summed E-state index contributed by atoms with van der Waals surface area (Å²) in [5.41, 5.74) is 4.44. The average Bonchev–Trinajstić information content (AvgIpc) is 2.67. The van der Waals surface area contributed by atoms with E-state index in [-0.39, 0.29) is 12.2 Å². The van der Waals surface area contributed by atoms with E-state index in [4.69, 9.17) is 26.8 Å². The van der Waals surface area contributed by atoms with E-state index < -0.39 is 5.97 Å². The molecule has 0 heterocycles. The minimum atomic E-state index is -0.980. The first kappa shape index (κ1) is 21.6. The van der Waals surface area contributed by atoms with Crippen molar-refractivity contribution < 1.29 is 19.4 Å². The molecule has 0 saturated heterocycles. The molecule has 0 spiro atoms. The summed E-state index contributed by atoms with van der Waals surface area (Å²) in [5.74, 6) is 0.0439. The molecule has 0 saturated carbocycles. The van der Waals surface area contributed by atoms with Crippen LogP contribution in [0, 0.1) is 0 Å². The first-order valence-corrected chi connectivity index (χ1v) is 9.54. The Balaban J connectivity index is 2.12. The molecule has 2 rings (SSSR count). The molecule has 0 atom stereocenters. The molecule has 0 fully saturated rings. The van der Waals surface area contributed by atoms with Gasteiger partial charge in [-0.05, 0) is 70.5 Å². The topological polar surface area (TPSA) is 92.2 Å². The zero-order valence-electron chi connectivity index (χ0n) is 15.4. The van der Waals surface area contributed by atoms with Crippen molar-refractivity contribution in [3.63, 3.8) is 0 Å². The number of nitrogens with zero attached hydrogens (tertiary/aromatic N) is 1. The van der Waals surface area contributed by atoms with Gasteiger partial charge in [-0.2, -0.15) is 5.10 Å². The molecule has 0 aliphatic heterocycles. The predicted molar refractivity (Wildman–Crippen MR) is 115 cm³/mol. The van der Waals surface area contributed by atoms with Crippen molar-refractivity contribution in [1.82, 2.24) is 10.7 Å². The summed E-state index contributed by atoms with van der Waals surface area (Å²) in [6.45, 7) is 2.85. The van der Waals surface area contributed by atoms with Crippen LogP contribution in [0.5, 0.6) is 11.5 Å². The second-order valence-electron chi connectivity index (χ2n) is 5.56. The summed E-state index contributed by atoms with van der Waals surface area (Å²) in [5, 5.41) is 16.5. The molecule has 148 valence electrons. The minimum absolute atomic E-state index is 0.196. The first-order chi connectivity index (χ1) is 13.4. The van der Waals surface area contributed by atoms with E-state index in [9.17, 15) is 4.79 Å². The highest BCUT2D eigenvalue weighted by Gasteiger charge is 2.12. The number of rotatable bonds is 8. The van der Waals surface area contributed by atoms with E-state index >= 15 is 0 Å². The lowest BCUT2D eigenvalue weighted by Crippen LogP contribution is -2.31. The highest BCUT2D eigenvalue weighted by Crippen LogP contribution is 2.36. The normalized spacial score (nSPS) is 10.5.